The molecule has 1 aliphatic heterocycles. The molecule has 5 heteroatoms. The van der Waals surface area contributed by atoms with E-state index in [9.17, 15) is 4.79 Å². The van der Waals surface area contributed by atoms with Crippen molar-refractivity contribution in [2.75, 3.05) is 0 Å². The molecular weight excluding hydrogens is 400 g/mol. The fourth-order valence-electron chi connectivity index (χ4n) is 4.31. The Labute approximate surface area is 182 Å². The Bertz CT molecular complexity index is 988. The van der Waals surface area contributed by atoms with Crippen LogP contribution in [0.5, 0.6) is 0 Å². The molecule has 1 fully saturated rings. The lowest BCUT2D eigenvalue weighted by Crippen LogP contribution is -2.49. The van der Waals surface area contributed by atoms with E-state index in [1.165, 1.54) is 18.4 Å². The van der Waals surface area contributed by atoms with Crippen LogP contribution in [0, 0.1) is 13.8 Å². The number of thiocarbonyl (C=S) groups is 1. The number of halogens is 1. The van der Waals surface area contributed by atoms with Gasteiger partial charge in [0, 0.05) is 16.1 Å². The van der Waals surface area contributed by atoms with Gasteiger partial charge in [-0.25, -0.2) is 0 Å². The van der Waals surface area contributed by atoms with Gasteiger partial charge in [0.25, 0.3) is 5.91 Å². The molecule has 0 atom stereocenters. The molecule has 3 nitrogen and oxygen atoms in total. The highest BCUT2D eigenvalue weighted by molar-refractivity contribution is 7.82. The minimum absolute atomic E-state index is 0.0484. The van der Waals surface area contributed by atoms with Gasteiger partial charge >= 0.3 is 0 Å². The molecule has 1 aliphatic carbocycles. The molecule has 1 saturated carbocycles. The summed E-state index contributed by atoms with van der Waals surface area (Å²) < 4.78 is 0. The predicted octanol–water partition coefficient (Wildman–Crippen LogP) is 6.28. The van der Waals surface area contributed by atoms with Crippen molar-refractivity contribution in [3.63, 3.8) is 0 Å². The molecule has 2 aromatic carbocycles. The quantitative estimate of drug-likeness (QED) is 0.531. The van der Waals surface area contributed by atoms with E-state index < -0.39 is 5.66 Å². The van der Waals surface area contributed by atoms with E-state index >= 15 is 0 Å². The molecule has 1 spiro atoms. The molecule has 29 heavy (non-hydrogen) atoms. The van der Waals surface area contributed by atoms with Gasteiger partial charge in [0.2, 0.25) is 0 Å². The molecule has 1 heterocycles. The van der Waals surface area contributed by atoms with E-state index in [1.807, 2.05) is 54.3 Å². The lowest BCUT2D eigenvalue weighted by molar-refractivity contribution is 0.0691. The Morgan fingerprint density at radius 2 is 1.66 bits per heavy atom. The second-order valence-electron chi connectivity index (χ2n) is 8.11. The van der Waals surface area contributed by atoms with Gasteiger partial charge in [-0.1, -0.05) is 54.9 Å². The molecule has 0 N–H and O–H groups in total. The third kappa shape index (κ3) is 3.76. The van der Waals surface area contributed by atoms with Gasteiger partial charge in [-0.15, -0.1) is 0 Å². The van der Waals surface area contributed by atoms with Crippen molar-refractivity contribution in [3.05, 3.63) is 69.7 Å². The number of amides is 1. The van der Waals surface area contributed by atoms with Crippen molar-refractivity contribution in [1.29, 1.82) is 0 Å². The van der Waals surface area contributed by atoms with E-state index in [0.717, 1.165) is 42.5 Å². The highest BCUT2D eigenvalue weighted by Gasteiger charge is 2.48. The number of rotatable bonds is 2. The molecule has 4 rings (SSSR count). The highest BCUT2D eigenvalue weighted by atomic mass is 35.5. The number of aliphatic imine (C=N–C) groups is 1. The van der Waals surface area contributed by atoms with Crippen molar-refractivity contribution in [2.24, 2.45) is 4.99 Å². The van der Waals surface area contributed by atoms with E-state index in [-0.39, 0.29) is 5.91 Å². The molecule has 150 valence electrons. The fourth-order valence-corrected chi connectivity index (χ4v) is 4.85. The minimum Gasteiger partial charge on any atom is -0.271 e. The topological polar surface area (TPSA) is 32.7 Å². The van der Waals surface area contributed by atoms with Crippen molar-refractivity contribution in [3.8, 4) is 0 Å². The molecule has 0 unspecified atom stereocenters. The Hall–Kier alpha value is -2.04. The molecule has 0 saturated heterocycles. The second-order valence-corrected chi connectivity index (χ2v) is 8.93. The maximum absolute atomic E-state index is 13.7. The molecular formula is C24H25ClN2OS. The van der Waals surface area contributed by atoms with Gasteiger partial charge in [0.1, 0.15) is 16.4 Å². The predicted molar refractivity (Wildman–Crippen MR) is 123 cm³/mol. The maximum Gasteiger partial charge on any atom is 0.260 e. The van der Waals surface area contributed by atoms with Crippen LogP contribution in [0.3, 0.4) is 0 Å². The van der Waals surface area contributed by atoms with Gasteiger partial charge in [-0.2, -0.15) is 0 Å². The summed E-state index contributed by atoms with van der Waals surface area (Å²) in [7, 11) is 0. The molecule has 2 aliphatic rings. The maximum atomic E-state index is 13.7. The minimum atomic E-state index is -0.571. The Morgan fingerprint density at radius 1 is 1.00 bits per heavy atom. The van der Waals surface area contributed by atoms with Gasteiger partial charge in [-0.3, -0.25) is 14.7 Å². The average molecular weight is 425 g/mol. The van der Waals surface area contributed by atoms with Crippen LogP contribution in [-0.2, 0) is 0 Å². The van der Waals surface area contributed by atoms with E-state index in [1.54, 1.807) is 0 Å². The molecule has 2 aromatic rings. The normalized spacial score (nSPS) is 18.7. The standard InChI is InChI=1S/C24H25ClN2OS/c1-16-7-8-19(15-17(16)2)22(28)27-23(29)21(18-9-11-20(25)12-10-18)26-24(27)13-5-3-4-6-14-24/h7-12,15H,3-6,13-14H2,1-2H3. The average Bonchev–Trinajstić information content (AvgIpc) is 2.83. The number of benzene rings is 2. The molecule has 0 bridgehead atoms. The van der Waals surface area contributed by atoms with Crippen molar-refractivity contribution in [2.45, 2.75) is 58.0 Å². The summed E-state index contributed by atoms with van der Waals surface area (Å²) >= 11 is 11.9. The van der Waals surface area contributed by atoms with Crippen LogP contribution in [0.2, 0.25) is 5.02 Å². The zero-order valence-electron chi connectivity index (χ0n) is 16.9. The first-order valence-electron chi connectivity index (χ1n) is 10.2. The number of hydrogen-bond acceptors (Lipinski definition) is 3. The molecule has 0 radical (unpaired) electrons. The lowest BCUT2D eigenvalue weighted by atomic mass is 9.98. The third-order valence-corrected chi connectivity index (χ3v) is 6.75. The number of aryl methyl sites for hydroxylation is 2. The monoisotopic (exact) mass is 424 g/mol. The van der Waals surface area contributed by atoms with Crippen LogP contribution in [0.1, 0.15) is 65.6 Å². The summed E-state index contributed by atoms with van der Waals surface area (Å²) in [5, 5.41) is 0.672. The smallest absolute Gasteiger partial charge is 0.260 e. The van der Waals surface area contributed by atoms with Crippen LogP contribution >= 0.6 is 23.8 Å². The third-order valence-electron chi connectivity index (χ3n) is 6.12. The Kier molecular flexibility index (Phi) is 5.58. The van der Waals surface area contributed by atoms with E-state index in [2.05, 4.69) is 6.92 Å². The van der Waals surface area contributed by atoms with Crippen molar-refractivity contribution >= 4 is 40.4 Å². The first-order chi connectivity index (χ1) is 13.9. The van der Waals surface area contributed by atoms with Crippen LogP contribution in [0.15, 0.2) is 47.5 Å². The van der Waals surface area contributed by atoms with Crippen molar-refractivity contribution < 1.29 is 4.79 Å². The van der Waals surface area contributed by atoms with Crippen LogP contribution in [0.4, 0.5) is 0 Å². The zero-order chi connectivity index (χ0) is 20.6. The highest BCUT2D eigenvalue weighted by Crippen LogP contribution is 2.40. The van der Waals surface area contributed by atoms with Crippen LogP contribution in [-0.4, -0.2) is 27.2 Å². The summed E-state index contributed by atoms with van der Waals surface area (Å²) in [4.78, 5) is 21.1. The summed E-state index contributed by atoms with van der Waals surface area (Å²) in [5.41, 5.74) is 4.03. The second kappa shape index (κ2) is 8.00. The number of carbonyl (C=O) groups is 1. The number of carbonyl (C=O) groups excluding carboxylic acids is 1. The number of hydrogen-bond donors (Lipinski definition) is 0. The summed E-state index contributed by atoms with van der Waals surface area (Å²) in [6.07, 6.45) is 6.15. The Balaban J connectivity index is 1.78. The van der Waals surface area contributed by atoms with E-state index in [0.29, 0.717) is 15.6 Å². The summed E-state index contributed by atoms with van der Waals surface area (Å²) in [5.74, 6) is -0.0484. The largest absolute Gasteiger partial charge is 0.271 e. The number of nitrogens with zero attached hydrogens (tertiary/aromatic N) is 2. The van der Waals surface area contributed by atoms with Crippen molar-refractivity contribution in [1.82, 2.24) is 4.90 Å². The summed E-state index contributed by atoms with van der Waals surface area (Å²) in [6, 6.07) is 13.4. The first-order valence-corrected chi connectivity index (χ1v) is 11.0. The van der Waals surface area contributed by atoms with Gasteiger partial charge in [-0.05, 0) is 74.9 Å². The molecule has 0 aromatic heterocycles. The SMILES string of the molecule is Cc1ccc(C(=O)N2C(=S)C(c3ccc(Cl)cc3)=NC23CCCCCC3)cc1C. The van der Waals surface area contributed by atoms with E-state index in [4.69, 9.17) is 28.8 Å². The van der Waals surface area contributed by atoms with Gasteiger partial charge in [0.05, 0.1) is 0 Å². The van der Waals surface area contributed by atoms with Gasteiger partial charge < -0.3 is 0 Å². The zero-order valence-corrected chi connectivity index (χ0v) is 18.4. The first kappa shape index (κ1) is 20.2. The Morgan fingerprint density at radius 3 is 2.28 bits per heavy atom. The van der Waals surface area contributed by atoms with Crippen LogP contribution < -0.4 is 0 Å². The lowest BCUT2D eigenvalue weighted by Gasteiger charge is -2.35. The molecule has 1 amide bonds. The van der Waals surface area contributed by atoms with Crippen LogP contribution in [0.25, 0.3) is 0 Å². The van der Waals surface area contributed by atoms with Gasteiger partial charge in [0.15, 0.2) is 0 Å². The summed E-state index contributed by atoms with van der Waals surface area (Å²) in [6.45, 7) is 4.09. The fraction of sp³-hybridized carbons (Fsp3) is 0.375.